The van der Waals surface area contributed by atoms with Crippen LogP contribution in [0.2, 0.25) is 0 Å². The lowest BCUT2D eigenvalue weighted by molar-refractivity contribution is 0.203. The summed E-state index contributed by atoms with van der Waals surface area (Å²) in [7, 11) is 0. The number of fused-ring (bicyclic) bond motifs is 9. The van der Waals surface area contributed by atoms with Crippen molar-refractivity contribution in [1.82, 2.24) is 20.5 Å². The largest absolute Gasteiger partial charge is 0.456 e. The van der Waals surface area contributed by atoms with Crippen LogP contribution in [0.5, 0.6) is 0 Å². The highest BCUT2D eigenvalue weighted by Crippen LogP contribution is 2.43. The first-order valence-electron chi connectivity index (χ1n) is 19.8. The summed E-state index contributed by atoms with van der Waals surface area (Å²) in [6.07, 6.45) is 6.59. The van der Waals surface area contributed by atoms with Gasteiger partial charge in [0.15, 0.2) is 0 Å². The molecule has 3 aromatic heterocycles. The van der Waals surface area contributed by atoms with E-state index >= 15 is 0 Å². The molecule has 2 unspecified atom stereocenters. The molecular weight excluding hydrogens is 717 g/mol. The molecule has 12 rings (SSSR count). The highest BCUT2D eigenvalue weighted by atomic mass is 32.1. The number of rotatable bonds is 5. The van der Waals surface area contributed by atoms with E-state index in [9.17, 15) is 0 Å². The van der Waals surface area contributed by atoms with Gasteiger partial charge in [0.25, 0.3) is 0 Å². The molecule has 2 aliphatic rings. The molecule has 274 valence electrons. The van der Waals surface area contributed by atoms with Crippen molar-refractivity contribution in [1.29, 1.82) is 0 Å². The number of hydrogen-bond donors (Lipinski definition) is 3. The lowest BCUT2D eigenvalue weighted by Gasteiger charge is -2.39. The molecule has 0 amide bonds. The number of nitrogens with one attached hydrogen (secondary N) is 3. The standard InChI is InChI=1S/C51H38N4OS/c1-3-12-31(13-4-1)49-52-50(32-14-5-2-6-15-32)54-51(53-49)34-23-27-47-42(29-34)40-19-11-18-36(48(40)57-47)33-22-26-45-41(28-33)39-25-24-35(30-46(39)56-45)55-43-20-9-7-16-37(43)38-17-8-10-21-44(38)55/h1-9,11-20,22-30,49-54H,10,21H2. The Morgan fingerprint density at radius 3 is 2.09 bits per heavy atom. The van der Waals surface area contributed by atoms with Gasteiger partial charge in [-0.25, -0.2) is 0 Å². The maximum absolute atomic E-state index is 6.57. The fourth-order valence-electron chi connectivity index (χ4n) is 9.27. The first kappa shape index (κ1) is 32.9. The Morgan fingerprint density at radius 1 is 0.544 bits per heavy atom. The molecule has 0 saturated carbocycles. The van der Waals surface area contributed by atoms with Gasteiger partial charge in [-0.05, 0) is 83.1 Å². The van der Waals surface area contributed by atoms with Crippen molar-refractivity contribution in [3.05, 3.63) is 192 Å². The van der Waals surface area contributed by atoms with Gasteiger partial charge in [-0.2, -0.15) is 0 Å². The van der Waals surface area contributed by atoms with Crippen molar-refractivity contribution in [3.8, 4) is 16.8 Å². The van der Waals surface area contributed by atoms with Crippen molar-refractivity contribution in [3.63, 3.8) is 0 Å². The van der Waals surface area contributed by atoms with Crippen molar-refractivity contribution >= 4 is 70.4 Å². The van der Waals surface area contributed by atoms with Gasteiger partial charge in [0, 0.05) is 59.3 Å². The van der Waals surface area contributed by atoms with Gasteiger partial charge in [0.1, 0.15) is 11.2 Å². The topological polar surface area (TPSA) is 54.2 Å². The SMILES string of the molecule is C1=Cc2c(n(-c3ccc4c(c3)oc3ccc(-c5cccc6c5sc5ccc(C7NC(c8ccccc8)NC(c8ccccc8)N7)cc56)cc34)c3ccccc23)CC1. The van der Waals surface area contributed by atoms with Crippen LogP contribution < -0.4 is 16.0 Å². The van der Waals surface area contributed by atoms with E-state index in [-0.39, 0.29) is 18.5 Å². The fraction of sp³-hybridized carbons (Fsp3) is 0.0980. The van der Waals surface area contributed by atoms with Gasteiger partial charge in [-0.1, -0.05) is 121 Å². The van der Waals surface area contributed by atoms with Crippen molar-refractivity contribution < 1.29 is 4.42 Å². The molecule has 10 aromatic rings. The maximum Gasteiger partial charge on any atom is 0.137 e. The van der Waals surface area contributed by atoms with E-state index in [0.717, 1.165) is 40.5 Å². The van der Waals surface area contributed by atoms with E-state index in [1.807, 2.05) is 11.3 Å². The normalized spacial score (nSPS) is 18.3. The van der Waals surface area contributed by atoms with Gasteiger partial charge in [0.05, 0.1) is 24.0 Å². The van der Waals surface area contributed by atoms with Crippen LogP contribution in [0.15, 0.2) is 168 Å². The first-order chi connectivity index (χ1) is 28.2. The Kier molecular flexibility index (Phi) is 7.60. The summed E-state index contributed by atoms with van der Waals surface area (Å²) in [5.74, 6) is 0. The molecule has 0 bridgehead atoms. The molecule has 6 heteroatoms. The molecule has 3 N–H and O–H groups in total. The molecule has 57 heavy (non-hydrogen) atoms. The van der Waals surface area contributed by atoms with E-state index in [0.29, 0.717) is 0 Å². The van der Waals surface area contributed by atoms with Crippen LogP contribution in [-0.2, 0) is 6.42 Å². The average molecular weight is 755 g/mol. The van der Waals surface area contributed by atoms with E-state index in [1.54, 1.807) is 0 Å². The lowest BCUT2D eigenvalue weighted by atomic mass is 9.99. The van der Waals surface area contributed by atoms with Crippen molar-refractivity contribution in [2.24, 2.45) is 0 Å². The monoisotopic (exact) mass is 754 g/mol. The predicted octanol–water partition coefficient (Wildman–Crippen LogP) is 12.7. The Morgan fingerprint density at radius 2 is 1.28 bits per heavy atom. The summed E-state index contributed by atoms with van der Waals surface area (Å²) in [5, 5.41) is 17.6. The van der Waals surface area contributed by atoms with E-state index in [1.165, 1.54) is 70.1 Å². The zero-order chi connectivity index (χ0) is 37.5. The third-order valence-electron chi connectivity index (χ3n) is 12.0. The maximum atomic E-state index is 6.57. The van der Waals surface area contributed by atoms with Gasteiger partial charge in [0.2, 0.25) is 0 Å². The van der Waals surface area contributed by atoms with Gasteiger partial charge in [-0.3, -0.25) is 16.0 Å². The Labute approximate surface area is 333 Å². The summed E-state index contributed by atoms with van der Waals surface area (Å²) in [6, 6.07) is 57.1. The number of hydrogen-bond acceptors (Lipinski definition) is 5. The second-order valence-corrected chi connectivity index (χ2v) is 16.4. The van der Waals surface area contributed by atoms with Gasteiger partial charge >= 0.3 is 0 Å². The Hall–Kier alpha value is -6.28. The molecule has 1 saturated heterocycles. The zero-order valence-corrected chi connectivity index (χ0v) is 31.9. The van der Waals surface area contributed by atoms with Crippen LogP contribution in [0, 0.1) is 0 Å². The summed E-state index contributed by atoms with van der Waals surface area (Å²) >= 11 is 1.87. The average Bonchev–Trinajstić information content (AvgIpc) is 3.95. The summed E-state index contributed by atoms with van der Waals surface area (Å²) in [4.78, 5) is 0. The summed E-state index contributed by atoms with van der Waals surface area (Å²) in [5.41, 5.74) is 13.0. The second-order valence-electron chi connectivity index (χ2n) is 15.3. The Balaban J connectivity index is 0.918. The van der Waals surface area contributed by atoms with Crippen LogP contribution >= 0.6 is 11.3 Å². The molecule has 5 nitrogen and oxygen atoms in total. The first-order valence-corrected chi connectivity index (χ1v) is 20.6. The van der Waals surface area contributed by atoms with Crippen LogP contribution in [-0.4, -0.2) is 4.57 Å². The quantitative estimate of drug-likeness (QED) is 0.164. The molecule has 0 radical (unpaired) electrons. The molecular formula is C51H38N4OS. The molecule has 4 heterocycles. The van der Waals surface area contributed by atoms with Gasteiger partial charge < -0.3 is 8.98 Å². The molecule has 2 atom stereocenters. The highest BCUT2D eigenvalue weighted by Gasteiger charge is 2.30. The van der Waals surface area contributed by atoms with Crippen LogP contribution in [0.25, 0.3) is 75.9 Å². The fourth-order valence-corrected chi connectivity index (χ4v) is 10.5. The van der Waals surface area contributed by atoms with Gasteiger partial charge in [-0.15, -0.1) is 11.3 Å². The number of para-hydroxylation sites is 1. The minimum Gasteiger partial charge on any atom is -0.456 e. The highest BCUT2D eigenvalue weighted by molar-refractivity contribution is 7.26. The smallest absolute Gasteiger partial charge is 0.137 e. The van der Waals surface area contributed by atoms with Crippen LogP contribution in [0.1, 0.15) is 52.9 Å². The number of nitrogens with zero attached hydrogens (tertiary/aromatic N) is 1. The summed E-state index contributed by atoms with van der Waals surface area (Å²) in [6.45, 7) is 0. The zero-order valence-electron chi connectivity index (χ0n) is 31.1. The minimum absolute atomic E-state index is 0.0128. The van der Waals surface area contributed by atoms with E-state index in [4.69, 9.17) is 4.42 Å². The number of aromatic nitrogens is 1. The molecule has 7 aromatic carbocycles. The molecule has 1 fully saturated rings. The number of thiophene rings is 1. The lowest BCUT2D eigenvalue weighted by Crippen LogP contribution is -2.54. The van der Waals surface area contributed by atoms with Crippen molar-refractivity contribution in [2.45, 2.75) is 31.3 Å². The second kappa shape index (κ2) is 13.2. The van der Waals surface area contributed by atoms with E-state index < -0.39 is 0 Å². The molecule has 1 aliphatic carbocycles. The summed E-state index contributed by atoms with van der Waals surface area (Å²) < 4.78 is 11.6. The predicted molar refractivity (Wildman–Crippen MR) is 237 cm³/mol. The van der Waals surface area contributed by atoms with E-state index in [2.05, 4.69) is 190 Å². The minimum atomic E-state index is -0.0556. The van der Waals surface area contributed by atoms with Crippen LogP contribution in [0.3, 0.4) is 0 Å². The third kappa shape index (κ3) is 5.41. The number of benzene rings is 7. The third-order valence-corrected chi connectivity index (χ3v) is 13.2. The number of allylic oxidation sites excluding steroid dienone is 1. The molecule has 1 aliphatic heterocycles. The number of furan rings is 1. The van der Waals surface area contributed by atoms with Crippen molar-refractivity contribution in [2.75, 3.05) is 0 Å². The Bertz CT molecular complexity index is 3150. The van der Waals surface area contributed by atoms with Crippen LogP contribution in [0.4, 0.5) is 0 Å². The molecule has 0 spiro atoms.